The van der Waals surface area contributed by atoms with Crippen LogP contribution in [0.3, 0.4) is 0 Å². The first-order chi connectivity index (χ1) is 7.33. The number of hydrogen-bond acceptors (Lipinski definition) is 2. The molecular weight excluding hydrogens is 188 g/mol. The molecule has 1 aliphatic heterocycles. The van der Waals surface area contributed by atoms with Crippen molar-refractivity contribution in [3.63, 3.8) is 0 Å². The summed E-state index contributed by atoms with van der Waals surface area (Å²) < 4.78 is 12.2. The van der Waals surface area contributed by atoms with Crippen LogP contribution in [0.2, 0.25) is 0 Å². The molecule has 0 N–H and O–H groups in total. The SMILES string of the molecule is C1COC2(O1)C1CC3CC4CC2C4(C3)C1. The van der Waals surface area contributed by atoms with Crippen LogP contribution in [0.1, 0.15) is 32.1 Å². The summed E-state index contributed by atoms with van der Waals surface area (Å²) in [7, 11) is 0. The van der Waals surface area contributed by atoms with Gasteiger partial charge in [-0.25, -0.2) is 0 Å². The first kappa shape index (κ1) is 8.08. The fraction of sp³-hybridized carbons (Fsp3) is 1.00. The fourth-order valence-electron chi connectivity index (χ4n) is 6.09. The van der Waals surface area contributed by atoms with E-state index in [1.165, 1.54) is 32.1 Å². The van der Waals surface area contributed by atoms with Gasteiger partial charge in [0, 0.05) is 11.8 Å². The Bertz CT molecular complexity index is 333. The maximum absolute atomic E-state index is 6.09. The van der Waals surface area contributed by atoms with Crippen molar-refractivity contribution in [2.24, 2.45) is 29.1 Å². The third-order valence-electron chi connectivity index (χ3n) is 6.35. The molecule has 5 unspecified atom stereocenters. The highest BCUT2D eigenvalue weighted by molar-refractivity contribution is 5.22. The third-order valence-corrected chi connectivity index (χ3v) is 6.35. The molecule has 0 aromatic rings. The van der Waals surface area contributed by atoms with Crippen molar-refractivity contribution in [3.05, 3.63) is 0 Å². The summed E-state index contributed by atoms with van der Waals surface area (Å²) in [5, 5.41) is 0. The van der Waals surface area contributed by atoms with Gasteiger partial charge in [-0.1, -0.05) is 0 Å². The normalized spacial score (nSPS) is 62.4. The Balaban J connectivity index is 1.68. The van der Waals surface area contributed by atoms with Gasteiger partial charge in [-0.3, -0.25) is 0 Å². The van der Waals surface area contributed by atoms with Gasteiger partial charge in [0.1, 0.15) is 0 Å². The van der Waals surface area contributed by atoms with E-state index in [1.54, 1.807) is 0 Å². The molecule has 0 amide bonds. The predicted octanol–water partition coefficient (Wildman–Crippen LogP) is 2.19. The van der Waals surface area contributed by atoms with E-state index in [4.69, 9.17) is 9.47 Å². The fourth-order valence-corrected chi connectivity index (χ4v) is 6.09. The molecule has 0 aromatic heterocycles. The second-order valence-corrected chi connectivity index (χ2v) is 6.58. The average molecular weight is 206 g/mol. The lowest BCUT2D eigenvalue weighted by Gasteiger charge is -2.52. The summed E-state index contributed by atoms with van der Waals surface area (Å²) in [6.45, 7) is 1.69. The Labute approximate surface area is 90.3 Å². The molecule has 3 bridgehead atoms. The smallest absolute Gasteiger partial charge is 0.174 e. The van der Waals surface area contributed by atoms with E-state index in [9.17, 15) is 0 Å². The summed E-state index contributed by atoms with van der Waals surface area (Å²) in [4.78, 5) is 0. The van der Waals surface area contributed by atoms with E-state index < -0.39 is 0 Å². The largest absolute Gasteiger partial charge is 0.347 e. The lowest BCUT2D eigenvalue weighted by atomic mass is 9.55. The molecule has 0 radical (unpaired) electrons. The third kappa shape index (κ3) is 0.656. The van der Waals surface area contributed by atoms with Crippen LogP contribution >= 0.6 is 0 Å². The first-order valence-corrected chi connectivity index (χ1v) is 6.61. The van der Waals surface area contributed by atoms with Crippen LogP contribution in [0.15, 0.2) is 0 Å². The van der Waals surface area contributed by atoms with Crippen molar-refractivity contribution in [3.8, 4) is 0 Å². The van der Waals surface area contributed by atoms with E-state index in [0.29, 0.717) is 5.41 Å². The Morgan fingerprint density at radius 3 is 2.53 bits per heavy atom. The molecular formula is C13H18O2. The van der Waals surface area contributed by atoms with Crippen molar-refractivity contribution in [1.82, 2.24) is 0 Å². The summed E-state index contributed by atoms with van der Waals surface area (Å²) in [5.41, 5.74) is 0.692. The lowest BCUT2D eigenvalue weighted by molar-refractivity contribution is -0.244. The topological polar surface area (TPSA) is 18.5 Å². The first-order valence-electron chi connectivity index (χ1n) is 6.61. The van der Waals surface area contributed by atoms with Gasteiger partial charge >= 0.3 is 0 Å². The Kier molecular flexibility index (Phi) is 1.15. The van der Waals surface area contributed by atoms with Gasteiger partial charge in [0.2, 0.25) is 0 Å². The van der Waals surface area contributed by atoms with Crippen LogP contribution in [0.5, 0.6) is 0 Å². The molecule has 1 heterocycles. The molecule has 5 fully saturated rings. The highest BCUT2D eigenvalue weighted by atomic mass is 16.7. The van der Waals surface area contributed by atoms with E-state index in [0.717, 1.165) is 36.9 Å². The maximum Gasteiger partial charge on any atom is 0.174 e. The lowest BCUT2D eigenvalue weighted by Crippen LogP contribution is -2.52. The summed E-state index contributed by atoms with van der Waals surface area (Å²) in [5.74, 6) is 3.49. The van der Waals surface area contributed by atoms with Crippen molar-refractivity contribution in [1.29, 1.82) is 0 Å². The zero-order chi connectivity index (χ0) is 9.67. The molecule has 15 heavy (non-hydrogen) atoms. The van der Waals surface area contributed by atoms with Crippen LogP contribution in [0, 0.1) is 29.1 Å². The number of ether oxygens (including phenoxy) is 2. The summed E-state index contributed by atoms with van der Waals surface area (Å²) >= 11 is 0. The Morgan fingerprint density at radius 2 is 1.67 bits per heavy atom. The second kappa shape index (κ2) is 2.14. The van der Waals surface area contributed by atoms with Crippen molar-refractivity contribution in [2.45, 2.75) is 37.9 Å². The van der Waals surface area contributed by atoms with Gasteiger partial charge in [0.25, 0.3) is 0 Å². The highest BCUT2D eigenvalue weighted by Crippen LogP contribution is 2.79. The maximum atomic E-state index is 6.09. The molecule has 4 saturated carbocycles. The second-order valence-electron chi connectivity index (χ2n) is 6.58. The molecule has 5 atom stereocenters. The number of fused-ring (bicyclic) bond motifs is 4. The van der Waals surface area contributed by atoms with Crippen LogP contribution in [-0.2, 0) is 9.47 Å². The molecule has 82 valence electrons. The average Bonchev–Trinajstić information content (AvgIpc) is 2.81. The van der Waals surface area contributed by atoms with E-state index in [1.807, 2.05) is 0 Å². The van der Waals surface area contributed by atoms with Gasteiger partial charge in [-0.05, 0) is 49.4 Å². The van der Waals surface area contributed by atoms with E-state index in [-0.39, 0.29) is 5.79 Å². The minimum absolute atomic E-state index is 0.0916. The predicted molar refractivity (Wildman–Crippen MR) is 54.1 cm³/mol. The molecule has 5 aliphatic rings. The van der Waals surface area contributed by atoms with Gasteiger partial charge in [0.15, 0.2) is 5.79 Å². The number of rotatable bonds is 0. The minimum atomic E-state index is -0.0916. The molecule has 5 rings (SSSR count). The molecule has 2 nitrogen and oxygen atoms in total. The summed E-state index contributed by atoms with van der Waals surface area (Å²) in [6.07, 6.45) is 7.27. The molecule has 4 aliphatic carbocycles. The Morgan fingerprint density at radius 1 is 0.867 bits per heavy atom. The minimum Gasteiger partial charge on any atom is -0.347 e. The molecule has 2 heteroatoms. The van der Waals surface area contributed by atoms with Crippen molar-refractivity contribution < 1.29 is 9.47 Å². The van der Waals surface area contributed by atoms with E-state index >= 15 is 0 Å². The van der Waals surface area contributed by atoms with Crippen LogP contribution in [-0.4, -0.2) is 19.0 Å². The Hall–Kier alpha value is -0.0800. The molecule has 0 aromatic carbocycles. The van der Waals surface area contributed by atoms with Crippen molar-refractivity contribution in [2.75, 3.05) is 13.2 Å². The van der Waals surface area contributed by atoms with Gasteiger partial charge in [-0.15, -0.1) is 0 Å². The zero-order valence-corrected chi connectivity index (χ0v) is 9.08. The van der Waals surface area contributed by atoms with Crippen LogP contribution in [0.4, 0.5) is 0 Å². The molecule has 2 spiro atoms. The van der Waals surface area contributed by atoms with E-state index in [2.05, 4.69) is 0 Å². The standard InChI is InChI=1S/C13H18O2/c1-2-15-13(14-1)10-4-8-3-9-5-11(13)12(9,6-8)7-10/h8-11H,1-7H2. The van der Waals surface area contributed by atoms with Crippen molar-refractivity contribution >= 4 is 0 Å². The quantitative estimate of drug-likeness (QED) is 0.605. The van der Waals surface area contributed by atoms with Crippen LogP contribution in [0.25, 0.3) is 0 Å². The van der Waals surface area contributed by atoms with Gasteiger partial charge in [-0.2, -0.15) is 0 Å². The monoisotopic (exact) mass is 206 g/mol. The summed E-state index contributed by atoms with van der Waals surface area (Å²) in [6, 6.07) is 0. The van der Waals surface area contributed by atoms with Gasteiger partial charge in [0.05, 0.1) is 13.2 Å². The number of hydrogen-bond donors (Lipinski definition) is 0. The van der Waals surface area contributed by atoms with Gasteiger partial charge < -0.3 is 9.47 Å². The molecule has 1 saturated heterocycles. The highest BCUT2D eigenvalue weighted by Gasteiger charge is 2.77. The van der Waals surface area contributed by atoms with Crippen LogP contribution < -0.4 is 0 Å². The zero-order valence-electron chi connectivity index (χ0n) is 9.08.